The molecule has 0 aliphatic carbocycles. The molecule has 0 heterocycles. The van der Waals surface area contributed by atoms with E-state index in [2.05, 4.69) is 19.2 Å². The first-order chi connectivity index (χ1) is 15.2. The number of unbranched alkanes of at least 4 members (excludes halogenated alkanes) is 16. The summed E-state index contributed by atoms with van der Waals surface area (Å²) < 4.78 is 0. The van der Waals surface area contributed by atoms with Crippen LogP contribution in [-0.4, -0.2) is 34.9 Å². The molecule has 0 saturated heterocycles. The Balaban J connectivity index is 3.63. The summed E-state index contributed by atoms with van der Waals surface area (Å²) in [5.74, 6) is -0.0717. The highest BCUT2D eigenvalue weighted by Gasteiger charge is 2.17. The molecular formula is C27H53NO3. The van der Waals surface area contributed by atoms with Gasteiger partial charge in [0.1, 0.15) is 0 Å². The molecule has 0 aliphatic heterocycles. The number of carbonyl (C=O) groups is 1. The van der Waals surface area contributed by atoms with Gasteiger partial charge in [0.2, 0.25) is 5.91 Å². The highest BCUT2D eigenvalue weighted by Crippen LogP contribution is 2.13. The fourth-order valence-corrected chi connectivity index (χ4v) is 3.88. The summed E-state index contributed by atoms with van der Waals surface area (Å²) in [6.45, 7) is 4.20. The Morgan fingerprint density at radius 2 is 1.19 bits per heavy atom. The van der Waals surface area contributed by atoms with Crippen LogP contribution in [-0.2, 0) is 4.79 Å². The van der Waals surface area contributed by atoms with Gasteiger partial charge in [-0.3, -0.25) is 4.79 Å². The third kappa shape index (κ3) is 20.8. The van der Waals surface area contributed by atoms with Gasteiger partial charge in [-0.1, -0.05) is 122 Å². The summed E-state index contributed by atoms with van der Waals surface area (Å²) >= 11 is 0. The zero-order valence-electron chi connectivity index (χ0n) is 20.8. The molecule has 0 aromatic carbocycles. The zero-order valence-corrected chi connectivity index (χ0v) is 20.8. The second-order valence-electron chi connectivity index (χ2n) is 9.12. The van der Waals surface area contributed by atoms with Crippen molar-refractivity contribution in [3.8, 4) is 0 Å². The second kappa shape index (κ2) is 23.8. The van der Waals surface area contributed by atoms with E-state index in [4.69, 9.17) is 0 Å². The maximum atomic E-state index is 12.1. The van der Waals surface area contributed by atoms with E-state index in [0.29, 0.717) is 6.42 Å². The Bertz CT molecular complexity index is 411. The molecule has 0 rings (SSSR count). The van der Waals surface area contributed by atoms with Crippen molar-refractivity contribution in [1.82, 2.24) is 5.32 Å². The fourth-order valence-electron chi connectivity index (χ4n) is 3.88. The topological polar surface area (TPSA) is 69.6 Å². The van der Waals surface area contributed by atoms with E-state index in [9.17, 15) is 15.0 Å². The molecule has 3 N–H and O–H groups in total. The zero-order chi connectivity index (χ0) is 23.0. The number of rotatable bonds is 23. The van der Waals surface area contributed by atoms with Gasteiger partial charge < -0.3 is 15.5 Å². The van der Waals surface area contributed by atoms with E-state index in [1.807, 2.05) is 6.08 Å². The van der Waals surface area contributed by atoms with E-state index in [1.165, 1.54) is 89.9 Å². The molecule has 2 unspecified atom stereocenters. The van der Waals surface area contributed by atoms with E-state index in [0.717, 1.165) is 25.7 Å². The van der Waals surface area contributed by atoms with Crippen molar-refractivity contribution in [2.24, 2.45) is 0 Å². The average Bonchev–Trinajstić information content (AvgIpc) is 2.77. The van der Waals surface area contributed by atoms with Crippen molar-refractivity contribution in [2.75, 3.05) is 6.61 Å². The third-order valence-corrected chi connectivity index (χ3v) is 6.02. The molecule has 0 bridgehead atoms. The Labute approximate surface area is 193 Å². The summed E-state index contributed by atoms with van der Waals surface area (Å²) in [6.07, 6.45) is 25.7. The Morgan fingerprint density at radius 3 is 1.68 bits per heavy atom. The van der Waals surface area contributed by atoms with E-state index >= 15 is 0 Å². The number of nitrogens with one attached hydrogen (secondary N) is 1. The van der Waals surface area contributed by atoms with Crippen LogP contribution in [0.25, 0.3) is 0 Å². The van der Waals surface area contributed by atoms with Crippen LogP contribution in [0.3, 0.4) is 0 Å². The van der Waals surface area contributed by atoms with Gasteiger partial charge in [-0.25, -0.2) is 0 Å². The average molecular weight is 440 g/mol. The fraction of sp³-hybridized carbons (Fsp3) is 0.889. The minimum atomic E-state index is -0.827. The molecule has 1 amide bonds. The van der Waals surface area contributed by atoms with Crippen LogP contribution in [0.5, 0.6) is 0 Å². The van der Waals surface area contributed by atoms with Crippen molar-refractivity contribution in [3.63, 3.8) is 0 Å². The number of amides is 1. The first-order valence-corrected chi connectivity index (χ1v) is 13.4. The normalized spacial score (nSPS) is 13.5. The third-order valence-electron chi connectivity index (χ3n) is 6.02. The smallest absolute Gasteiger partial charge is 0.220 e. The van der Waals surface area contributed by atoms with E-state index in [1.54, 1.807) is 6.08 Å². The van der Waals surface area contributed by atoms with Gasteiger partial charge in [0.15, 0.2) is 0 Å². The van der Waals surface area contributed by atoms with Crippen LogP contribution < -0.4 is 5.32 Å². The van der Waals surface area contributed by atoms with E-state index in [-0.39, 0.29) is 12.5 Å². The monoisotopic (exact) mass is 439 g/mol. The lowest BCUT2D eigenvalue weighted by molar-refractivity contribution is -0.123. The Kier molecular flexibility index (Phi) is 23.1. The lowest BCUT2D eigenvalue weighted by atomic mass is 10.0. The molecule has 184 valence electrons. The van der Waals surface area contributed by atoms with Crippen LogP contribution in [0.2, 0.25) is 0 Å². The van der Waals surface area contributed by atoms with Gasteiger partial charge in [0.25, 0.3) is 0 Å². The number of allylic oxidation sites excluding steroid dienone is 1. The molecule has 4 heteroatoms. The second-order valence-corrected chi connectivity index (χ2v) is 9.12. The van der Waals surface area contributed by atoms with Gasteiger partial charge in [0, 0.05) is 6.42 Å². The molecule has 4 nitrogen and oxygen atoms in total. The lowest BCUT2D eigenvalue weighted by Gasteiger charge is -2.20. The molecule has 0 saturated carbocycles. The first-order valence-electron chi connectivity index (χ1n) is 13.4. The molecular weight excluding hydrogens is 386 g/mol. The summed E-state index contributed by atoms with van der Waals surface area (Å²) in [7, 11) is 0. The van der Waals surface area contributed by atoms with Crippen molar-refractivity contribution < 1.29 is 15.0 Å². The largest absolute Gasteiger partial charge is 0.394 e. The van der Waals surface area contributed by atoms with Crippen LogP contribution in [0.15, 0.2) is 12.2 Å². The van der Waals surface area contributed by atoms with Gasteiger partial charge in [-0.2, -0.15) is 0 Å². The van der Waals surface area contributed by atoms with Crippen LogP contribution >= 0.6 is 0 Å². The number of hydrogen-bond donors (Lipinski definition) is 3. The summed E-state index contributed by atoms with van der Waals surface area (Å²) in [5, 5.41) is 22.5. The minimum absolute atomic E-state index is 0.0717. The highest BCUT2D eigenvalue weighted by molar-refractivity contribution is 5.76. The van der Waals surface area contributed by atoms with Crippen LogP contribution in [0, 0.1) is 0 Å². The molecule has 2 atom stereocenters. The van der Waals surface area contributed by atoms with Crippen LogP contribution in [0.1, 0.15) is 136 Å². The minimum Gasteiger partial charge on any atom is -0.394 e. The number of aliphatic hydroxyl groups is 2. The Hall–Kier alpha value is -0.870. The molecule has 0 fully saturated rings. The van der Waals surface area contributed by atoms with E-state index < -0.39 is 12.1 Å². The first kappa shape index (κ1) is 30.1. The molecule has 31 heavy (non-hydrogen) atoms. The van der Waals surface area contributed by atoms with Crippen molar-refractivity contribution in [3.05, 3.63) is 12.2 Å². The van der Waals surface area contributed by atoms with Gasteiger partial charge in [0.05, 0.1) is 18.8 Å². The predicted molar refractivity (Wildman–Crippen MR) is 133 cm³/mol. The lowest BCUT2D eigenvalue weighted by Crippen LogP contribution is -2.45. The van der Waals surface area contributed by atoms with Gasteiger partial charge >= 0.3 is 0 Å². The quantitative estimate of drug-likeness (QED) is 0.121. The summed E-state index contributed by atoms with van der Waals surface area (Å²) in [4.78, 5) is 12.1. The molecule has 0 spiro atoms. The van der Waals surface area contributed by atoms with Gasteiger partial charge in [-0.05, 0) is 19.3 Å². The van der Waals surface area contributed by atoms with Crippen molar-refractivity contribution in [2.45, 2.75) is 148 Å². The SMILES string of the molecule is CCCCCC/C=C/C(O)C(CO)NC(=O)CCCCCCCCCCCCCCC. The van der Waals surface area contributed by atoms with Gasteiger partial charge in [-0.15, -0.1) is 0 Å². The van der Waals surface area contributed by atoms with Crippen LogP contribution in [0.4, 0.5) is 0 Å². The number of hydrogen-bond acceptors (Lipinski definition) is 3. The number of carbonyl (C=O) groups excluding carboxylic acids is 1. The molecule has 0 aliphatic rings. The molecule has 0 aromatic heterocycles. The Morgan fingerprint density at radius 1 is 0.742 bits per heavy atom. The maximum absolute atomic E-state index is 12.1. The predicted octanol–water partition coefficient (Wildman–Crippen LogP) is 6.83. The number of aliphatic hydroxyl groups excluding tert-OH is 2. The standard InChI is InChI=1S/C27H53NO3/c1-3-5-7-9-11-12-13-14-15-16-17-19-21-23-27(31)28-25(24-29)26(30)22-20-18-10-8-6-4-2/h20,22,25-26,29-30H,3-19,21,23-24H2,1-2H3,(H,28,31)/b22-20+. The maximum Gasteiger partial charge on any atom is 0.220 e. The van der Waals surface area contributed by atoms with Crippen molar-refractivity contribution in [1.29, 1.82) is 0 Å². The molecule has 0 aromatic rings. The molecule has 0 radical (unpaired) electrons. The summed E-state index contributed by atoms with van der Waals surface area (Å²) in [5.41, 5.74) is 0. The van der Waals surface area contributed by atoms with Crippen molar-refractivity contribution >= 4 is 5.91 Å². The highest BCUT2D eigenvalue weighted by atomic mass is 16.3. The summed E-state index contributed by atoms with van der Waals surface area (Å²) in [6, 6.07) is -0.610.